The quantitative estimate of drug-likeness (QED) is 0.716. The van der Waals surface area contributed by atoms with Gasteiger partial charge in [0.25, 0.3) is 5.56 Å². The fraction of sp³-hybridized carbons (Fsp3) is 0.583. The Morgan fingerprint density at radius 2 is 2.05 bits per heavy atom. The Hall–Kier alpha value is -2.05. The van der Waals surface area contributed by atoms with Crippen molar-refractivity contribution in [1.82, 2.24) is 9.55 Å². The van der Waals surface area contributed by atoms with Gasteiger partial charge in [-0.15, -0.1) is 0 Å². The second kappa shape index (κ2) is 6.77. The lowest BCUT2D eigenvalue weighted by Crippen LogP contribution is -2.32. The van der Waals surface area contributed by atoms with Gasteiger partial charge in [0.15, 0.2) is 0 Å². The van der Waals surface area contributed by atoms with Crippen LogP contribution < -0.4 is 11.2 Å². The average Bonchev–Trinajstić information content (AvgIpc) is 2.34. The Morgan fingerprint density at radius 1 is 1.37 bits per heavy atom. The second-order valence-corrected chi connectivity index (χ2v) is 3.98. The van der Waals surface area contributed by atoms with Crippen molar-refractivity contribution in [2.75, 3.05) is 6.61 Å². The molecular weight excluding hydrogens is 252 g/mol. The first-order valence-corrected chi connectivity index (χ1v) is 6.21. The number of aromatic amines is 1. The Kier molecular flexibility index (Phi) is 5.35. The summed E-state index contributed by atoms with van der Waals surface area (Å²) >= 11 is 0. The SMILES string of the molecule is CCOC(=O)CCCn1c(O)c(CC)c(=O)[nH]c1=O. The Labute approximate surface area is 109 Å². The molecule has 0 aliphatic rings. The molecule has 7 nitrogen and oxygen atoms in total. The largest absolute Gasteiger partial charge is 0.494 e. The molecule has 0 bridgehead atoms. The van der Waals surface area contributed by atoms with E-state index < -0.39 is 11.2 Å². The molecule has 0 amide bonds. The molecule has 7 heteroatoms. The third kappa shape index (κ3) is 3.70. The molecule has 0 aromatic carbocycles. The number of aromatic nitrogens is 2. The van der Waals surface area contributed by atoms with E-state index in [4.69, 9.17) is 4.74 Å². The summed E-state index contributed by atoms with van der Waals surface area (Å²) < 4.78 is 5.81. The van der Waals surface area contributed by atoms with Gasteiger partial charge in [0, 0.05) is 13.0 Å². The van der Waals surface area contributed by atoms with Gasteiger partial charge in [0.05, 0.1) is 12.2 Å². The van der Waals surface area contributed by atoms with Crippen molar-refractivity contribution in [2.24, 2.45) is 0 Å². The van der Waals surface area contributed by atoms with E-state index in [0.717, 1.165) is 4.57 Å². The van der Waals surface area contributed by atoms with Crippen LogP contribution in [0.15, 0.2) is 9.59 Å². The molecule has 0 radical (unpaired) electrons. The van der Waals surface area contributed by atoms with Crippen LogP contribution in [-0.2, 0) is 22.5 Å². The summed E-state index contributed by atoms with van der Waals surface area (Å²) in [4.78, 5) is 36.3. The predicted molar refractivity (Wildman–Crippen MR) is 68.2 cm³/mol. The number of hydrogen-bond acceptors (Lipinski definition) is 5. The summed E-state index contributed by atoms with van der Waals surface area (Å²) in [5.41, 5.74) is -1.09. The van der Waals surface area contributed by atoms with E-state index in [0.29, 0.717) is 19.4 Å². The van der Waals surface area contributed by atoms with Gasteiger partial charge in [0.2, 0.25) is 5.88 Å². The van der Waals surface area contributed by atoms with E-state index in [1.54, 1.807) is 13.8 Å². The molecule has 0 unspecified atom stereocenters. The molecule has 0 saturated carbocycles. The van der Waals surface area contributed by atoms with Crippen molar-refractivity contribution in [3.05, 3.63) is 26.4 Å². The first-order chi connectivity index (χ1) is 9.01. The number of nitrogens with one attached hydrogen (secondary N) is 1. The third-order valence-electron chi connectivity index (χ3n) is 2.69. The van der Waals surface area contributed by atoms with Crippen molar-refractivity contribution in [2.45, 2.75) is 39.7 Å². The van der Waals surface area contributed by atoms with Crippen molar-refractivity contribution in [1.29, 1.82) is 0 Å². The lowest BCUT2D eigenvalue weighted by Gasteiger charge is -2.10. The lowest BCUT2D eigenvalue weighted by molar-refractivity contribution is -0.143. The van der Waals surface area contributed by atoms with Gasteiger partial charge < -0.3 is 9.84 Å². The van der Waals surface area contributed by atoms with E-state index in [2.05, 4.69) is 4.98 Å². The zero-order valence-corrected chi connectivity index (χ0v) is 11.1. The lowest BCUT2D eigenvalue weighted by atomic mass is 10.2. The minimum absolute atomic E-state index is 0.146. The molecule has 0 saturated heterocycles. The maximum atomic E-state index is 11.6. The monoisotopic (exact) mass is 270 g/mol. The van der Waals surface area contributed by atoms with Crippen molar-refractivity contribution < 1.29 is 14.6 Å². The second-order valence-electron chi connectivity index (χ2n) is 3.98. The van der Waals surface area contributed by atoms with Crippen molar-refractivity contribution in [3.8, 4) is 5.88 Å². The van der Waals surface area contributed by atoms with E-state index in [-0.39, 0.29) is 30.4 Å². The predicted octanol–water partition coefficient (Wildman–Crippen LogP) is 0.148. The van der Waals surface area contributed by atoms with Gasteiger partial charge in [-0.05, 0) is 19.8 Å². The minimum Gasteiger partial charge on any atom is -0.494 e. The number of aromatic hydroxyl groups is 1. The highest BCUT2D eigenvalue weighted by Crippen LogP contribution is 2.11. The highest BCUT2D eigenvalue weighted by atomic mass is 16.5. The van der Waals surface area contributed by atoms with Gasteiger partial charge in [-0.25, -0.2) is 4.79 Å². The average molecular weight is 270 g/mol. The Bertz CT molecular complexity index is 558. The normalized spacial score (nSPS) is 10.4. The Balaban J connectivity index is 2.82. The third-order valence-corrected chi connectivity index (χ3v) is 2.69. The minimum atomic E-state index is -0.677. The Morgan fingerprint density at radius 3 is 2.63 bits per heavy atom. The number of esters is 1. The fourth-order valence-electron chi connectivity index (χ4n) is 1.74. The molecule has 106 valence electrons. The molecule has 2 N–H and O–H groups in total. The molecular formula is C12H18N2O5. The molecule has 0 aliphatic carbocycles. The molecule has 0 atom stereocenters. The molecule has 1 aromatic rings. The van der Waals surface area contributed by atoms with Crippen LogP contribution in [0.3, 0.4) is 0 Å². The molecule has 19 heavy (non-hydrogen) atoms. The van der Waals surface area contributed by atoms with E-state index in [9.17, 15) is 19.5 Å². The number of carbonyl (C=O) groups excluding carboxylic acids is 1. The summed E-state index contributed by atoms with van der Waals surface area (Å²) in [5, 5.41) is 9.85. The number of H-pyrrole nitrogens is 1. The highest BCUT2D eigenvalue weighted by Gasteiger charge is 2.12. The smallest absolute Gasteiger partial charge is 0.331 e. The van der Waals surface area contributed by atoms with Crippen LogP contribution >= 0.6 is 0 Å². The van der Waals surface area contributed by atoms with Crippen LogP contribution in [0.5, 0.6) is 5.88 Å². The van der Waals surface area contributed by atoms with Crippen LogP contribution in [0.25, 0.3) is 0 Å². The zero-order chi connectivity index (χ0) is 14.4. The highest BCUT2D eigenvalue weighted by molar-refractivity contribution is 5.69. The van der Waals surface area contributed by atoms with Crippen LogP contribution in [0.1, 0.15) is 32.3 Å². The molecule has 1 aromatic heterocycles. The molecule has 1 heterocycles. The number of hydrogen-bond donors (Lipinski definition) is 2. The van der Waals surface area contributed by atoms with Gasteiger partial charge in [-0.2, -0.15) is 0 Å². The van der Waals surface area contributed by atoms with Crippen molar-refractivity contribution in [3.63, 3.8) is 0 Å². The molecule has 0 aliphatic heterocycles. The van der Waals surface area contributed by atoms with Crippen molar-refractivity contribution >= 4 is 5.97 Å². The van der Waals surface area contributed by atoms with Gasteiger partial charge in [-0.1, -0.05) is 6.92 Å². The fourth-order valence-corrected chi connectivity index (χ4v) is 1.74. The number of nitrogens with zero attached hydrogens (tertiary/aromatic N) is 1. The summed E-state index contributed by atoms with van der Waals surface area (Å²) in [5.74, 6) is -0.685. The van der Waals surface area contributed by atoms with Gasteiger partial charge in [0.1, 0.15) is 0 Å². The topological polar surface area (TPSA) is 101 Å². The summed E-state index contributed by atoms with van der Waals surface area (Å²) in [7, 11) is 0. The maximum Gasteiger partial charge on any atom is 0.331 e. The number of carbonyl (C=O) groups is 1. The first-order valence-electron chi connectivity index (χ1n) is 6.21. The maximum absolute atomic E-state index is 11.6. The molecule has 1 rings (SSSR count). The van der Waals surface area contributed by atoms with E-state index >= 15 is 0 Å². The summed E-state index contributed by atoms with van der Waals surface area (Å²) in [6.07, 6.45) is 0.821. The van der Waals surface area contributed by atoms with Crippen LogP contribution in [0.2, 0.25) is 0 Å². The van der Waals surface area contributed by atoms with E-state index in [1.165, 1.54) is 0 Å². The number of ether oxygens (including phenoxy) is 1. The zero-order valence-electron chi connectivity index (χ0n) is 11.1. The van der Waals surface area contributed by atoms with Gasteiger partial charge in [-0.3, -0.25) is 19.1 Å². The van der Waals surface area contributed by atoms with E-state index in [1.807, 2.05) is 0 Å². The van der Waals surface area contributed by atoms with Crippen LogP contribution in [0.4, 0.5) is 0 Å². The first kappa shape index (κ1) is 15.0. The standard InChI is InChI=1S/C12H18N2O5/c1-3-8-10(16)13-12(18)14(11(8)17)7-5-6-9(15)19-4-2/h17H,3-7H2,1-2H3,(H,13,16,18). The number of rotatable bonds is 6. The molecule has 0 spiro atoms. The summed E-state index contributed by atoms with van der Waals surface area (Å²) in [6.45, 7) is 3.87. The van der Waals surface area contributed by atoms with Crippen LogP contribution in [-0.4, -0.2) is 27.2 Å². The molecule has 0 fully saturated rings. The van der Waals surface area contributed by atoms with Crippen LogP contribution in [0, 0.1) is 0 Å². The van der Waals surface area contributed by atoms with Gasteiger partial charge >= 0.3 is 11.7 Å². The summed E-state index contributed by atoms with van der Waals surface area (Å²) in [6, 6.07) is 0.